The molecule has 140 valence electrons. The Morgan fingerprint density at radius 3 is 2.92 bits per heavy atom. The quantitative estimate of drug-likeness (QED) is 0.514. The molecule has 1 atom stereocenters. The largest absolute Gasteiger partial charge is 0.494 e. The van der Waals surface area contributed by atoms with Gasteiger partial charge in [-0.05, 0) is 87.4 Å². The summed E-state index contributed by atoms with van der Waals surface area (Å²) < 4.78 is 12.3. The van der Waals surface area contributed by atoms with Gasteiger partial charge in [-0.3, -0.25) is 0 Å². The number of halogens is 1. The molecule has 25 heavy (non-hydrogen) atoms. The number of carbonyl (C=O) groups is 1. The van der Waals surface area contributed by atoms with Crippen LogP contribution in [0, 0.1) is 3.57 Å². The molecule has 1 amide bonds. The molecule has 0 spiro atoms. The van der Waals surface area contributed by atoms with E-state index in [4.69, 9.17) is 9.47 Å². The fraction of sp³-hybridized carbons (Fsp3) is 0.632. The molecule has 1 saturated heterocycles. The summed E-state index contributed by atoms with van der Waals surface area (Å²) in [5.74, 6) is 0.926. The van der Waals surface area contributed by atoms with E-state index in [2.05, 4.69) is 38.9 Å². The maximum absolute atomic E-state index is 11.9. The van der Waals surface area contributed by atoms with Crippen LogP contribution < -0.4 is 10.1 Å². The molecule has 0 saturated carbocycles. The number of amides is 1. The van der Waals surface area contributed by atoms with Crippen molar-refractivity contribution >= 4 is 28.7 Å². The van der Waals surface area contributed by atoms with E-state index in [1.54, 1.807) is 0 Å². The number of hydrogen-bond acceptors (Lipinski definition) is 4. The number of hydrogen-bond donors (Lipinski definition) is 1. The SMILES string of the molecule is CC(C)(C)OC(=O)N[C@@H]1CCCN(CCCOc2cccc(I)c2)C1. The summed E-state index contributed by atoms with van der Waals surface area (Å²) in [4.78, 5) is 14.3. The topological polar surface area (TPSA) is 50.8 Å². The smallest absolute Gasteiger partial charge is 0.407 e. The molecule has 1 aromatic carbocycles. The molecule has 0 unspecified atom stereocenters. The molecule has 1 aromatic rings. The number of benzene rings is 1. The van der Waals surface area contributed by atoms with Gasteiger partial charge in [0.05, 0.1) is 6.61 Å². The zero-order valence-electron chi connectivity index (χ0n) is 15.4. The number of likely N-dealkylation sites (tertiary alicyclic amines) is 1. The predicted molar refractivity (Wildman–Crippen MR) is 108 cm³/mol. The van der Waals surface area contributed by atoms with Crippen molar-refractivity contribution < 1.29 is 14.3 Å². The van der Waals surface area contributed by atoms with Gasteiger partial charge in [-0.1, -0.05) is 6.07 Å². The standard InChI is InChI=1S/C19H29IN2O3/c1-19(2,3)25-18(23)21-16-8-5-10-22(14-16)11-6-12-24-17-9-4-7-15(20)13-17/h4,7,9,13,16H,5-6,8,10-12,14H2,1-3H3,(H,21,23)/t16-/m1/s1. The molecule has 0 aromatic heterocycles. The van der Waals surface area contributed by atoms with Crippen molar-refractivity contribution in [3.63, 3.8) is 0 Å². The summed E-state index contributed by atoms with van der Waals surface area (Å²) in [6.07, 6.45) is 2.76. The first-order chi connectivity index (χ1) is 11.8. The van der Waals surface area contributed by atoms with E-state index >= 15 is 0 Å². The minimum atomic E-state index is -0.453. The van der Waals surface area contributed by atoms with E-state index < -0.39 is 5.60 Å². The lowest BCUT2D eigenvalue weighted by atomic mass is 10.1. The van der Waals surface area contributed by atoms with Gasteiger partial charge in [-0.2, -0.15) is 0 Å². The third-order valence-electron chi connectivity index (χ3n) is 3.91. The summed E-state index contributed by atoms with van der Waals surface area (Å²) in [6, 6.07) is 8.26. The molecule has 0 aliphatic carbocycles. The Balaban J connectivity index is 1.66. The van der Waals surface area contributed by atoms with Crippen LogP contribution in [0.4, 0.5) is 4.79 Å². The number of rotatable bonds is 6. The van der Waals surface area contributed by atoms with Gasteiger partial charge in [0, 0.05) is 22.7 Å². The Morgan fingerprint density at radius 1 is 1.40 bits per heavy atom. The molecular formula is C19H29IN2O3. The number of ether oxygens (including phenoxy) is 2. The van der Waals surface area contributed by atoms with Crippen molar-refractivity contribution in [2.24, 2.45) is 0 Å². The van der Waals surface area contributed by atoms with Crippen molar-refractivity contribution in [1.82, 2.24) is 10.2 Å². The molecule has 6 heteroatoms. The van der Waals surface area contributed by atoms with Crippen LogP contribution in [0.5, 0.6) is 5.75 Å². The van der Waals surface area contributed by atoms with Crippen LogP contribution in [-0.2, 0) is 4.74 Å². The molecule has 1 heterocycles. The van der Waals surface area contributed by atoms with E-state index in [-0.39, 0.29) is 12.1 Å². The zero-order valence-corrected chi connectivity index (χ0v) is 17.5. The molecule has 5 nitrogen and oxygen atoms in total. The lowest BCUT2D eigenvalue weighted by Gasteiger charge is -2.33. The Labute approximate surface area is 164 Å². The van der Waals surface area contributed by atoms with E-state index in [0.717, 1.165) is 44.6 Å². The minimum absolute atomic E-state index is 0.167. The lowest BCUT2D eigenvalue weighted by molar-refractivity contribution is 0.0471. The van der Waals surface area contributed by atoms with Crippen molar-refractivity contribution in [3.8, 4) is 5.75 Å². The van der Waals surface area contributed by atoms with Crippen LogP contribution >= 0.6 is 22.6 Å². The van der Waals surface area contributed by atoms with Gasteiger partial charge in [-0.15, -0.1) is 0 Å². The van der Waals surface area contributed by atoms with Crippen LogP contribution in [0.2, 0.25) is 0 Å². The van der Waals surface area contributed by atoms with Gasteiger partial charge in [0.2, 0.25) is 0 Å². The molecular weight excluding hydrogens is 431 g/mol. The summed E-state index contributed by atoms with van der Waals surface area (Å²) in [6.45, 7) is 9.30. The van der Waals surface area contributed by atoms with Gasteiger partial charge in [0.25, 0.3) is 0 Å². The molecule has 2 rings (SSSR count). The Hall–Kier alpha value is -1.02. The van der Waals surface area contributed by atoms with Crippen molar-refractivity contribution in [3.05, 3.63) is 27.8 Å². The fourth-order valence-corrected chi connectivity index (χ4v) is 3.40. The third kappa shape index (κ3) is 8.27. The zero-order chi connectivity index (χ0) is 18.3. The highest BCUT2D eigenvalue weighted by Gasteiger charge is 2.23. The van der Waals surface area contributed by atoms with E-state index in [1.807, 2.05) is 39.0 Å². The van der Waals surface area contributed by atoms with Crippen LogP contribution in [0.25, 0.3) is 0 Å². The monoisotopic (exact) mass is 460 g/mol. The molecule has 1 aliphatic rings. The third-order valence-corrected chi connectivity index (χ3v) is 4.58. The first kappa shape index (κ1) is 20.3. The minimum Gasteiger partial charge on any atom is -0.494 e. The van der Waals surface area contributed by atoms with Crippen LogP contribution in [0.3, 0.4) is 0 Å². The maximum Gasteiger partial charge on any atom is 0.407 e. The van der Waals surface area contributed by atoms with Crippen molar-refractivity contribution in [2.45, 2.75) is 51.7 Å². The second-order valence-electron chi connectivity index (χ2n) is 7.45. The van der Waals surface area contributed by atoms with E-state index in [0.29, 0.717) is 6.61 Å². The maximum atomic E-state index is 11.9. The normalized spacial score (nSPS) is 18.6. The van der Waals surface area contributed by atoms with Crippen LogP contribution in [0.15, 0.2) is 24.3 Å². The average molecular weight is 460 g/mol. The highest BCUT2D eigenvalue weighted by Crippen LogP contribution is 2.16. The molecule has 0 radical (unpaired) electrons. The predicted octanol–water partition coefficient (Wildman–Crippen LogP) is 4.05. The van der Waals surface area contributed by atoms with E-state index in [1.165, 1.54) is 3.57 Å². The molecule has 0 bridgehead atoms. The number of nitrogens with zero attached hydrogens (tertiary/aromatic N) is 1. The number of alkyl carbamates (subject to hydrolysis) is 1. The average Bonchev–Trinajstić information content (AvgIpc) is 2.50. The highest BCUT2D eigenvalue weighted by molar-refractivity contribution is 14.1. The van der Waals surface area contributed by atoms with Gasteiger partial charge < -0.3 is 19.7 Å². The first-order valence-corrected chi connectivity index (χ1v) is 10.00. The summed E-state index contributed by atoms with van der Waals surface area (Å²) in [5.41, 5.74) is -0.453. The highest BCUT2D eigenvalue weighted by atomic mass is 127. The van der Waals surface area contributed by atoms with Crippen molar-refractivity contribution in [2.75, 3.05) is 26.2 Å². The number of piperidine rings is 1. The Morgan fingerprint density at radius 2 is 2.20 bits per heavy atom. The molecule has 1 aliphatic heterocycles. The van der Waals surface area contributed by atoms with Gasteiger partial charge in [-0.25, -0.2) is 4.79 Å². The summed E-state index contributed by atoms with van der Waals surface area (Å²) in [7, 11) is 0. The van der Waals surface area contributed by atoms with Crippen molar-refractivity contribution in [1.29, 1.82) is 0 Å². The summed E-state index contributed by atoms with van der Waals surface area (Å²) >= 11 is 2.29. The van der Waals surface area contributed by atoms with Crippen LogP contribution in [-0.4, -0.2) is 48.9 Å². The first-order valence-electron chi connectivity index (χ1n) is 8.92. The summed E-state index contributed by atoms with van der Waals surface area (Å²) in [5, 5.41) is 2.99. The Kier molecular flexibility index (Phi) is 7.81. The van der Waals surface area contributed by atoms with Gasteiger partial charge in [0.15, 0.2) is 0 Å². The van der Waals surface area contributed by atoms with Crippen LogP contribution in [0.1, 0.15) is 40.0 Å². The Bertz CT molecular complexity index is 560. The second kappa shape index (κ2) is 9.62. The van der Waals surface area contributed by atoms with Gasteiger partial charge in [0.1, 0.15) is 11.4 Å². The number of nitrogens with one attached hydrogen (secondary N) is 1. The van der Waals surface area contributed by atoms with E-state index in [9.17, 15) is 4.79 Å². The van der Waals surface area contributed by atoms with Gasteiger partial charge >= 0.3 is 6.09 Å². The second-order valence-corrected chi connectivity index (χ2v) is 8.69. The lowest BCUT2D eigenvalue weighted by Crippen LogP contribution is -2.49. The molecule has 1 N–H and O–H groups in total. The molecule has 1 fully saturated rings. The number of carbonyl (C=O) groups excluding carboxylic acids is 1. The fourth-order valence-electron chi connectivity index (χ4n) is 2.89.